The number of hydrogen-bond donors (Lipinski definition) is 1. The number of nitrogens with zero attached hydrogens (tertiary/aromatic N) is 2. The van der Waals surface area contributed by atoms with E-state index >= 15 is 0 Å². The molecule has 2 heterocycles. The highest BCUT2D eigenvalue weighted by Gasteiger charge is 2.20. The van der Waals surface area contributed by atoms with E-state index in [-0.39, 0.29) is 5.69 Å². The van der Waals surface area contributed by atoms with Gasteiger partial charge in [-0.05, 0) is 0 Å². The van der Waals surface area contributed by atoms with Gasteiger partial charge in [0.2, 0.25) is 0 Å². The number of carbonyl (C=O) groups is 1. The number of morpholine rings is 1. The molecule has 0 aromatic carbocycles. The fourth-order valence-electron chi connectivity index (χ4n) is 1.93. The molecule has 0 saturated carbocycles. The molecule has 0 spiro atoms. The monoisotopic (exact) mass is 286 g/mol. The maximum absolute atomic E-state index is 11.2. The molecule has 19 heavy (non-hydrogen) atoms. The summed E-state index contributed by atoms with van der Waals surface area (Å²) in [6, 6.07) is 0. The average Bonchev–Trinajstić information content (AvgIpc) is 2.81. The van der Waals surface area contributed by atoms with E-state index in [9.17, 15) is 9.90 Å². The number of carboxylic acids is 1. The van der Waals surface area contributed by atoms with Gasteiger partial charge < -0.3 is 14.6 Å². The lowest BCUT2D eigenvalue weighted by Gasteiger charge is -2.25. The first kappa shape index (κ1) is 14.4. The Balaban J connectivity index is 2.07. The van der Waals surface area contributed by atoms with Crippen molar-refractivity contribution in [3.63, 3.8) is 0 Å². The van der Waals surface area contributed by atoms with Crippen molar-refractivity contribution in [2.24, 2.45) is 0 Å². The second-order valence-electron chi connectivity index (χ2n) is 4.32. The van der Waals surface area contributed by atoms with Crippen LogP contribution < -0.4 is 0 Å². The van der Waals surface area contributed by atoms with Gasteiger partial charge in [0.1, 0.15) is 0 Å². The van der Waals surface area contributed by atoms with Crippen molar-refractivity contribution in [1.82, 2.24) is 9.88 Å². The Morgan fingerprint density at radius 3 is 2.89 bits per heavy atom. The molecule has 1 aliphatic rings. The smallest absolute Gasteiger partial charge is 0.355 e. The Hall–Kier alpha value is -1.02. The topological polar surface area (TPSA) is 71.9 Å². The summed E-state index contributed by atoms with van der Waals surface area (Å²) in [5.41, 5.74) is 0.183. The number of rotatable bonds is 6. The van der Waals surface area contributed by atoms with Gasteiger partial charge in [-0.2, -0.15) is 0 Å². The highest BCUT2D eigenvalue weighted by molar-refractivity contribution is 7.11. The summed E-state index contributed by atoms with van der Waals surface area (Å²) in [5, 5.41) is 10.0. The van der Waals surface area contributed by atoms with Gasteiger partial charge in [0, 0.05) is 33.2 Å². The molecule has 0 bridgehead atoms. The summed E-state index contributed by atoms with van der Waals surface area (Å²) in [5.74, 6) is -0.955. The summed E-state index contributed by atoms with van der Waals surface area (Å²) in [4.78, 5) is 18.4. The maximum atomic E-state index is 11.2. The van der Waals surface area contributed by atoms with Gasteiger partial charge in [0.25, 0.3) is 0 Å². The summed E-state index contributed by atoms with van der Waals surface area (Å²) in [6.07, 6.45) is 0.657. The summed E-state index contributed by atoms with van der Waals surface area (Å²) in [6.45, 7) is 4.28. The van der Waals surface area contributed by atoms with E-state index in [2.05, 4.69) is 9.88 Å². The predicted octanol–water partition coefficient (Wildman–Crippen LogP) is 0.862. The number of ether oxygens (including phenoxy) is 2. The summed E-state index contributed by atoms with van der Waals surface area (Å²) in [7, 11) is 1.63. The minimum atomic E-state index is -0.955. The molecule has 106 valence electrons. The zero-order valence-corrected chi connectivity index (χ0v) is 11.7. The van der Waals surface area contributed by atoms with Crippen molar-refractivity contribution < 1.29 is 19.4 Å². The third-order valence-electron chi connectivity index (χ3n) is 2.94. The van der Waals surface area contributed by atoms with Crippen LogP contribution >= 0.6 is 11.3 Å². The van der Waals surface area contributed by atoms with Crippen molar-refractivity contribution in [3.05, 3.63) is 15.6 Å². The fraction of sp³-hybridized carbons (Fsp3) is 0.667. The highest BCUT2D eigenvalue weighted by Crippen LogP contribution is 2.21. The van der Waals surface area contributed by atoms with Gasteiger partial charge in [0.15, 0.2) is 5.69 Å². The molecule has 1 N–H and O–H groups in total. The fourth-order valence-corrected chi connectivity index (χ4v) is 3.02. The zero-order chi connectivity index (χ0) is 13.7. The van der Waals surface area contributed by atoms with Gasteiger partial charge in [-0.25, -0.2) is 9.78 Å². The number of methoxy groups -OCH3 is 1. The first-order valence-corrected chi connectivity index (χ1v) is 7.03. The van der Waals surface area contributed by atoms with Crippen LogP contribution in [-0.2, 0) is 22.4 Å². The largest absolute Gasteiger partial charge is 0.476 e. The molecule has 0 atom stereocenters. The van der Waals surface area contributed by atoms with Crippen molar-refractivity contribution in [3.8, 4) is 0 Å². The second-order valence-corrected chi connectivity index (χ2v) is 5.48. The van der Waals surface area contributed by atoms with Crippen LogP contribution in [0.1, 0.15) is 20.4 Å². The molecule has 0 amide bonds. The van der Waals surface area contributed by atoms with E-state index in [0.29, 0.717) is 32.8 Å². The second kappa shape index (κ2) is 6.95. The molecule has 1 saturated heterocycles. The van der Waals surface area contributed by atoms with E-state index in [1.54, 1.807) is 7.11 Å². The molecular weight excluding hydrogens is 268 g/mol. The maximum Gasteiger partial charge on any atom is 0.355 e. The summed E-state index contributed by atoms with van der Waals surface area (Å²) < 4.78 is 10.3. The van der Waals surface area contributed by atoms with Crippen molar-refractivity contribution in [2.75, 3.05) is 40.0 Å². The van der Waals surface area contributed by atoms with Gasteiger partial charge in [-0.1, -0.05) is 0 Å². The van der Waals surface area contributed by atoms with Crippen LogP contribution in [0.4, 0.5) is 0 Å². The number of thiazole rings is 1. The number of carboxylic acid groups (broad SMARTS) is 1. The number of hydrogen-bond acceptors (Lipinski definition) is 6. The van der Waals surface area contributed by atoms with Crippen molar-refractivity contribution >= 4 is 17.3 Å². The average molecular weight is 286 g/mol. The van der Waals surface area contributed by atoms with E-state index in [0.717, 1.165) is 23.0 Å². The summed E-state index contributed by atoms with van der Waals surface area (Å²) >= 11 is 1.47. The van der Waals surface area contributed by atoms with Crippen LogP contribution in [0.15, 0.2) is 0 Å². The molecule has 7 heteroatoms. The first-order chi connectivity index (χ1) is 9.20. The molecule has 6 nitrogen and oxygen atoms in total. The Labute approximate surface area is 116 Å². The van der Waals surface area contributed by atoms with E-state index in [4.69, 9.17) is 9.47 Å². The van der Waals surface area contributed by atoms with Crippen molar-refractivity contribution in [2.45, 2.75) is 13.0 Å². The highest BCUT2D eigenvalue weighted by atomic mass is 32.1. The lowest BCUT2D eigenvalue weighted by atomic mass is 10.3. The minimum Gasteiger partial charge on any atom is -0.476 e. The molecular formula is C12H18N2O4S. The Kier molecular flexibility index (Phi) is 5.26. The molecule has 2 rings (SSSR count). The Bertz CT molecular complexity index is 429. The predicted molar refractivity (Wildman–Crippen MR) is 70.7 cm³/mol. The van der Waals surface area contributed by atoms with Crippen LogP contribution in [0.2, 0.25) is 0 Å². The van der Waals surface area contributed by atoms with Crippen LogP contribution in [0, 0.1) is 0 Å². The molecule has 0 aliphatic carbocycles. The van der Waals surface area contributed by atoms with Crippen LogP contribution in [0.3, 0.4) is 0 Å². The quantitative estimate of drug-likeness (QED) is 0.836. The standard InChI is InChI=1S/C12H18N2O4S/c1-17-5-2-10-13-11(12(15)16)9(19-10)8-14-3-6-18-7-4-14/h2-8H2,1H3,(H,15,16). The zero-order valence-electron chi connectivity index (χ0n) is 10.9. The number of aromatic carboxylic acids is 1. The molecule has 1 aromatic rings. The van der Waals surface area contributed by atoms with E-state index in [1.165, 1.54) is 11.3 Å². The van der Waals surface area contributed by atoms with E-state index in [1.807, 2.05) is 0 Å². The molecule has 0 radical (unpaired) electrons. The van der Waals surface area contributed by atoms with E-state index < -0.39 is 5.97 Å². The Morgan fingerprint density at radius 1 is 1.53 bits per heavy atom. The van der Waals surface area contributed by atoms with Gasteiger partial charge in [0.05, 0.1) is 29.7 Å². The normalized spacial score (nSPS) is 16.7. The molecule has 1 fully saturated rings. The third kappa shape index (κ3) is 3.97. The Morgan fingerprint density at radius 2 is 2.26 bits per heavy atom. The van der Waals surface area contributed by atoms with Gasteiger partial charge in [-0.3, -0.25) is 4.90 Å². The van der Waals surface area contributed by atoms with Gasteiger partial charge in [-0.15, -0.1) is 11.3 Å². The molecule has 1 aliphatic heterocycles. The van der Waals surface area contributed by atoms with Crippen LogP contribution in [0.5, 0.6) is 0 Å². The van der Waals surface area contributed by atoms with Crippen molar-refractivity contribution in [1.29, 1.82) is 0 Å². The molecule has 1 aromatic heterocycles. The van der Waals surface area contributed by atoms with Crippen LogP contribution in [-0.4, -0.2) is 61.0 Å². The van der Waals surface area contributed by atoms with Crippen LogP contribution in [0.25, 0.3) is 0 Å². The first-order valence-electron chi connectivity index (χ1n) is 6.21. The lowest BCUT2D eigenvalue weighted by Crippen LogP contribution is -2.35. The molecule has 0 unspecified atom stereocenters. The number of aromatic nitrogens is 1. The minimum absolute atomic E-state index is 0.183. The third-order valence-corrected chi connectivity index (χ3v) is 4.04. The lowest BCUT2D eigenvalue weighted by molar-refractivity contribution is 0.0343. The SMILES string of the molecule is COCCc1nc(C(=O)O)c(CN2CCOCC2)s1. The van der Waals surface area contributed by atoms with Gasteiger partial charge >= 0.3 is 5.97 Å².